The molecule has 8 nitrogen and oxygen atoms in total. The van der Waals surface area contributed by atoms with E-state index >= 15 is 0 Å². The number of thiophene rings is 1. The Morgan fingerprint density at radius 3 is 2.71 bits per heavy atom. The number of carbonyl (C=O) groups is 1. The highest BCUT2D eigenvalue weighted by Gasteiger charge is 2.33. The van der Waals surface area contributed by atoms with Gasteiger partial charge < -0.3 is 14.5 Å². The van der Waals surface area contributed by atoms with E-state index in [9.17, 15) is 14.9 Å². The molecule has 5 rings (SSSR count). The molecule has 1 N–H and O–H groups in total. The van der Waals surface area contributed by atoms with Crippen LogP contribution in [0.3, 0.4) is 0 Å². The summed E-state index contributed by atoms with van der Waals surface area (Å²) in [5, 5.41) is 14.7. The summed E-state index contributed by atoms with van der Waals surface area (Å²) in [7, 11) is 0. The van der Waals surface area contributed by atoms with Gasteiger partial charge in [-0.3, -0.25) is 14.9 Å². The SMILES string of the molecule is CC(C)(C)[C@H]1CCc2c(sc(N=Cc3cc(Br)ccc3OCc3ccc([N+](=O)[O-])cc3)c2C(=O)NCc2ccco2)C1. The van der Waals surface area contributed by atoms with Gasteiger partial charge in [0, 0.05) is 33.3 Å². The average molecular weight is 651 g/mol. The predicted molar refractivity (Wildman–Crippen MR) is 168 cm³/mol. The van der Waals surface area contributed by atoms with Crippen LogP contribution >= 0.6 is 27.3 Å². The van der Waals surface area contributed by atoms with Crippen molar-refractivity contribution in [1.82, 2.24) is 5.32 Å². The van der Waals surface area contributed by atoms with E-state index in [1.807, 2.05) is 24.3 Å². The Kier molecular flexibility index (Phi) is 8.93. The van der Waals surface area contributed by atoms with Crippen LogP contribution in [0.15, 0.2) is 74.7 Å². The van der Waals surface area contributed by atoms with Crippen LogP contribution in [0.1, 0.15) is 64.9 Å². The number of ether oxygens (including phenoxy) is 1. The summed E-state index contributed by atoms with van der Waals surface area (Å²) in [4.78, 5) is 30.2. The van der Waals surface area contributed by atoms with Gasteiger partial charge in [0.1, 0.15) is 23.1 Å². The van der Waals surface area contributed by atoms with Gasteiger partial charge in [0.25, 0.3) is 11.6 Å². The molecular weight excluding hydrogens is 618 g/mol. The molecule has 0 unspecified atom stereocenters. The number of hydrogen-bond acceptors (Lipinski definition) is 7. The van der Waals surface area contributed by atoms with Crippen molar-refractivity contribution in [2.45, 2.75) is 53.2 Å². The molecule has 4 aromatic rings. The fourth-order valence-electron chi connectivity index (χ4n) is 5.06. The maximum atomic E-state index is 13.5. The molecule has 2 heterocycles. The molecule has 0 saturated heterocycles. The third-order valence-electron chi connectivity index (χ3n) is 7.54. The van der Waals surface area contributed by atoms with Crippen molar-refractivity contribution in [3.8, 4) is 5.75 Å². The van der Waals surface area contributed by atoms with Crippen LogP contribution in [-0.2, 0) is 26.0 Å². The van der Waals surface area contributed by atoms with Gasteiger partial charge in [-0.2, -0.15) is 0 Å². The standard InChI is InChI=1S/C32H32BrN3O5S/c1-32(2,3)22-8-12-26-28(16-22)42-31(29(26)30(37)34-18-25-5-4-14-40-25)35-17-21-15-23(33)9-13-27(21)41-19-20-6-10-24(11-7-20)36(38)39/h4-7,9-11,13-15,17,22H,8,12,16,18-19H2,1-3H3,(H,34,37)/t22-/m0/s1. The normalized spacial score (nSPS) is 15.0. The first kappa shape index (κ1) is 29.7. The van der Waals surface area contributed by atoms with Crippen LogP contribution in [0, 0.1) is 21.4 Å². The molecule has 0 bridgehead atoms. The number of nitro groups is 1. The number of halogens is 1. The van der Waals surface area contributed by atoms with E-state index in [2.05, 4.69) is 42.0 Å². The van der Waals surface area contributed by atoms with Crippen molar-refractivity contribution >= 4 is 50.1 Å². The molecule has 2 aromatic heterocycles. The number of carbonyl (C=O) groups excluding carboxylic acids is 1. The van der Waals surface area contributed by atoms with Gasteiger partial charge in [0.15, 0.2) is 0 Å². The molecule has 0 aliphatic heterocycles. The summed E-state index contributed by atoms with van der Waals surface area (Å²) in [6.45, 7) is 7.37. The van der Waals surface area contributed by atoms with Crippen LogP contribution in [0.5, 0.6) is 5.75 Å². The minimum Gasteiger partial charge on any atom is -0.488 e. The van der Waals surface area contributed by atoms with E-state index in [0.29, 0.717) is 34.5 Å². The summed E-state index contributed by atoms with van der Waals surface area (Å²) < 4.78 is 12.4. The first-order valence-corrected chi connectivity index (χ1v) is 15.3. The number of amides is 1. The molecule has 218 valence electrons. The Labute approximate surface area is 257 Å². The van der Waals surface area contributed by atoms with Gasteiger partial charge in [-0.1, -0.05) is 36.7 Å². The lowest BCUT2D eigenvalue weighted by atomic mass is 9.72. The van der Waals surface area contributed by atoms with Gasteiger partial charge in [0.2, 0.25) is 0 Å². The van der Waals surface area contributed by atoms with E-state index in [4.69, 9.17) is 14.1 Å². The third kappa shape index (κ3) is 6.99. The number of non-ortho nitro benzene ring substituents is 1. The number of benzene rings is 2. The van der Waals surface area contributed by atoms with Gasteiger partial charge in [-0.25, -0.2) is 4.99 Å². The van der Waals surface area contributed by atoms with Crippen LogP contribution in [0.2, 0.25) is 0 Å². The molecule has 1 amide bonds. The number of fused-ring (bicyclic) bond motifs is 1. The van der Waals surface area contributed by atoms with Crippen molar-refractivity contribution < 1.29 is 18.9 Å². The van der Waals surface area contributed by atoms with E-state index in [1.165, 1.54) is 17.0 Å². The van der Waals surface area contributed by atoms with Gasteiger partial charge >= 0.3 is 0 Å². The number of hydrogen-bond donors (Lipinski definition) is 1. The summed E-state index contributed by atoms with van der Waals surface area (Å²) in [5.41, 5.74) is 3.49. The lowest BCUT2D eigenvalue weighted by Crippen LogP contribution is -2.28. The molecule has 0 radical (unpaired) electrons. The Hall–Kier alpha value is -3.76. The zero-order valence-corrected chi connectivity index (χ0v) is 26.1. The second-order valence-corrected chi connectivity index (χ2v) is 13.4. The summed E-state index contributed by atoms with van der Waals surface area (Å²) in [6, 6.07) is 15.6. The highest BCUT2D eigenvalue weighted by Crippen LogP contribution is 2.45. The second-order valence-electron chi connectivity index (χ2n) is 11.4. The molecule has 42 heavy (non-hydrogen) atoms. The van der Waals surface area contributed by atoms with Crippen molar-refractivity contribution in [3.63, 3.8) is 0 Å². The highest BCUT2D eigenvalue weighted by molar-refractivity contribution is 9.10. The third-order valence-corrected chi connectivity index (χ3v) is 9.19. The number of nitrogens with zero attached hydrogens (tertiary/aromatic N) is 2. The Morgan fingerprint density at radius 2 is 2.02 bits per heavy atom. The Morgan fingerprint density at radius 1 is 1.24 bits per heavy atom. The number of rotatable bonds is 9. The van der Waals surface area contributed by atoms with Crippen LogP contribution in [-0.4, -0.2) is 17.0 Å². The van der Waals surface area contributed by atoms with Crippen molar-refractivity contribution in [2.24, 2.45) is 16.3 Å². The van der Waals surface area contributed by atoms with Crippen LogP contribution < -0.4 is 10.1 Å². The average Bonchev–Trinajstić information content (AvgIpc) is 3.61. The lowest BCUT2D eigenvalue weighted by molar-refractivity contribution is -0.384. The molecule has 1 atom stereocenters. The summed E-state index contributed by atoms with van der Waals surface area (Å²) in [5.74, 6) is 1.67. The van der Waals surface area contributed by atoms with Gasteiger partial charge in [-0.05, 0) is 84.2 Å². The number of aliphatic imine (C=N–C) groups is 1. The monoisotopic (exact) mass is 649 g/mol. The summed E-state index contributed by atoms with van der Waals surface area (Å²) in [6.07, 6.45) is 6.12. The zero-order valence-electron chi connectivity index (χ0n) is 23.7. The molecule has 0 spiro atoms. The first-order chi connectivity index (χ1) is 20.1. The molecule has 1 aliphatic rings. The maximum absolute atomic E-state index is 13.5. The Bertz CT molecular complexity index is 1600. The largest absolute Gasteiger partial charge is 0.488 e. The maximum Gasteiger partial charge on any atom is 0.269 e. The van der Waals surface area contributed by atoms with Gasteiger partial charge in [0.05, 0.1) is 23.3 Å². The molecule has 0 fully saturated rings. The number of furan rings is 1. The second kappa shape index (κ2) is 12.6. The zero-order chi connectivity index (χ0) is 29.9. The first-order valence-electron chi connectivity index (χ1n) is 13.7. The molecule has 10 heteroatoms. The minimum absolute atomic E-state index is 0.0340. The summed E-state index contributed by atoms with van der Waals surface area (Å²) >= 11 is 5.12. The molecule has 1 aliphatic carbocycles. The Balaban J connectivity index is 1.42. The van der Waals surface area contributed by atoms with E-state index < -0.39 is 4.92 Å². The highest BCUT2D eigenvalue weighted by atomic mass is 79.9. The molecule has 0 saturated carbocycles. The lowest BCUT2D eigenvalue weighted by Gasteiger charge is -2.33. The van der Waals surface area contributed by atoms with Crippen LogP contribution in [0.25, 0.3) is 0 Å². The molecule has 2 aromatic carbocycles. The quantitative estimate of drug-likeness (QED) is 0.111. The van der Waals surface area contributed by atoms with Crippen LogP contribution in [0.4, 0.5) is 10.7 Å². The van der Waals surface area contributed by atoms with E-state index in [1.54, 1.807) is 42.0 Å². The molecular formula is C32H32BrN3O5S. The number of nitrogens with one attached hydrogen (secondary N) is 1. The van der Waals surface area contributed by atoms with E-state index in [0.717, 1.165) is 40.4 Å². The van der Waals surface area contributed by atoms with Gasteiger partial charge in [-0.15, -0.1) is 11.3 Å². The van der Waals surface area contributed by atoms with Crippen molar-refractivity contribution in [2.75, 3.05) is 0 Å². The fraction of sp³-hybridized carbons (Fsp3) is 0.312. The fourth-order valence-corrected chi connectivity index (χ4v) is 6.71. The smallest absolute Gasteiger partial charge is 0.269 e. The topological polar surface area (TPSA) is 107 Å². The van der Waals surface area contributed by atoms with Crippen molar-refractivity contribution in [3.05, 3.63) is 108 Å². The number of nitro benzene ring substituents is 1. The van der Waals surface area contributed by atoms with Crippen molar-refractivity contribution in [1.29, 1.82) is 0 Å². The minimum atomic E-state index is -0.425. The van der Waals surface area contributed by atoms with E-state index in [-0.39, 0.29) is 23.6 Å². The predicted octanol–water partition coefficient (Wildman–Crippen LogP) is 8.42.